The van der Waals surface area contributed by atoms with Crippen LogP contribution in [0.3, 0.4) is 0 Å². The summed E-state index contributed by atoms with van der Waals surface area (Å²) in [6.45, 7) is 14.4. The highest BCUT2D eigenvalue weighted by molar-refractivity contribution is 5.70. The van der Waals surface area contributed by atoms with E-state index in [1.54, 1.807) is 0 Å². The molecule has 0 aromatic heterocycles. The van der Waals surface area contributed by atoms with E-state index in [9.17, 15) is 5.11 Å². The van der Waals surface area contributed by atoms with Gasteiger partial charge in [-0.3, -0.25) is 0 Å². The quantitative estimate of drug-likeness (QED) is 0.802. The minimum Gasteiger partial charge on any atom is -0.507 e. The second-order valence-electron chi connectivity index (χ2n) is 5.82. The maximum absolute atomic E-state index is 10.3. The molecular formula is C16H24O. The van der Waals surface area contributed by atoms with Crippen LogP contribution in [0.4, 0.5) is 0 Å². The van der Waals surface area contributed by atoms with E-state index in [4.69, 9.17) is 0 Å². The predicted molar refractivity (Wildman–Crippen MR) is 75.5 cm³/mol. The van der Waals surface area contributed by atoms with Crippen LogP contribution >= 0.6 is 0 Å². The Morgan fingerprint density at radius 2 is 1.88 bits per heavy atom. The summed E-state index contributed by atoms with van der Waals surface area (Å²) in [5, 5.41) is 10.3. The molecule has 0 unspecified atom stereocenters. The molecular weight excluding hydrogens is 208 g/mol. The molecule has 0 saturated heterocycles. The zero-order valence-corrected chi connectivity index (χ0v) is 11.7. The van der Waals surface area contributed by atoms with Gasteiger partial charge in [0, 0.05) is 11.1 Å². The van der Waals surface area contributed by atoms with E-state index in [-0.39, 0.29) is 5.41 Å². The van der Waals surface area contributed by atoms with Crippen molar-refractivity contribution in [3.8, 4) is 5.75 Å². The molecule has 0 atom stereocenters. The molecule has 0 radical (unpaired) electrons. The highest BCUT2D eigenvalue weighted by Crippen LogP contribution is 2.37. The molecule has 1 heteroatoms. The number of hydrogen-bond acceptors (Lipinski definition) is 1. The lowest BCUT2D eigenvalue weighted by molar-refractivity contribution is 0.444. The van der Waals surface area contributed by atoms with Crippen LogP contribution in [0, 0.1) is 0 Å². The number of rotatable bonds is 3. The average molecular weight is 232 g/mol. The van der Waals surface area contributed by atoms with Crippen molar-refractivity contribution in [2.75, 3.05) is 0 Å². The molecule has 0 fully saturated rings. The number of allylic oxidation sites excluding steroid dienone is 1. The zero-order valence-electron chi connectivity index (χ0n) is 11.7. The normalized spacial score (nSPS) is 11.6. The second-order valence-corrected chi connectivity index (χ2v) is 5.82. The molecule has 0 spiro atoms. The first-order valence-electron chi connectivity index (χ1n) is 6.29. The van der Waals surface area contributed by atoms with E-state index >= 15 is 0 Å². The molecule has 0 aliphatic rings. The van der Waals surface area contributed by atoms with Gasteiger partial charge in [-0.25, -0.2) is 0 Å². The van der Waals surface area contributed by atoms with Crippen LogP contribution in [-0.4, -0.2) is 5.11 Å². The van der Waals surface area contributed by atoms with Gasteiger partial charge in [-0.15, -0.1) is 0 Å². The van der Waals surface area contributed by atoms with Crippen molar-refractivity contribution >= 4 is 5.57 Å². The Hall–Kier alpha value is -1.24. The van der Waals surface area contributed by atoms with E-state index < -0.39 is 0 Å². The first kappa shape index (κ1) is 13.8. The molecule has 0 saturated carbocycles. The van der Waals surface area contributed by atoms with Crippen molar-refractivity contribution in [3.63, 3.8) is 0 Å². The summed E-state index contributed by atoms with van der Waals surface area (Å²) >= 11 is 0. The Bertz CT molecular complexity index is 422. The van der Waals surface area contributed by atoms with Crippen molar-refractivity contribution in [1.29, 1.82) is 0 Å². The van der Waals surface area contributed by atoms with Gasteiger partial charge in [0.2, 0.25) is 0 Å². The molecule has 1 nitrogen and oxygen atoms in total. The SMILES string of the molecule is C=C(C)c1cc(CCC)cc(C(C)(C)C)c1O. The maximum atomic E-state index is 10.3. The van der Waals surface area contributed by atoms with Gasteiger partial charge in [-0.1, -0.05) is 46.8 Å². The molecule has 0 heterocycles. The Morgan fingerprint density at radius 1 is 1.29 bits per heavy atom. The van der Waals surface area contributed by atoms with Gasteiger partial charge in [-0.2, -0.15) is 0 Å². The molecule has 0 aliphatic heterocycles. The number of phenols is 1. The maximum Gasteiger partial charge on any atom is 0.126 e. The van der Waals surface area contributed by atoms with E-state index in [1.165, 1.54) is 5.56 Å². The molecule has 94 valence electrons. The van der Waals surface area contributed by atoms with Crippen molar-refractivity contribution in [3.05, 3.63) is 35.4 Å². The highest BCUT2D eigenvalue weighted by atomic mass is 16.3. The number of phenolic OH excluding ortho intramolecular Hbond substituents is 1. The van der Waals surface area contributed by atoms with Crippen LogP contribution in [0.25, 0.3) is 5.57 Å². The minimum absolute atomic E-state index is 0.0436. The predicted octanol–water partition coefficient (Wildman–Crippen LogP) is 4.68. The molecule has 17 heavy (non-hydrogen) atoms. The average Bonchev–Trinajstić information content (AvgIpc) is 2.18. The van der Waals surface area contributed by atoms with Crippen LogP contribution in [0.1, 0.15) is 57.7 Å². The summed E-state index contributed by atoms with van der Waals surface area (Å²) in [5.41, 5.74) is 4.07. The summed E-state index contributed by atoms with van der Waals surface area (Å²) in [4.78, 5) is 0. The number of aryl methyl sites for hydroxylation is 1. The zero-order chi connectivity index (χ0) is 13.2. The van der Waals surface area contributed by atoms with E-state index in [0.29, 0.717) is 5.75 Å². The van der Waals surface area contributed by atoms with Crippen LogP contribution in [-0.2, 0) is 11.8 Å². The molecule has 0 amide bonds. The molecule has 1 rings (SSSR count). The fraction of sp³-hybridized carbons (Fsp3) is 0.500. The lowest BCUT2D eigenvalue weighted by Gasteiger charge is -2.23. The van der Waals surface area contributed by atoms with Gasteiger partial charge in [0.1, 0.15) is 5.75 Å². The number of benzene rings is 1. The lowest BCUT2D eigenvalue weighted by atomic mass is 9.83. The van der Waals surface area contributed by atoms with Crippen LogP contribution < -0.4 is 0 Å². The molecule has 1 aromatic carbocycles. The molecule has 0 bridgehead atoms. The number of hydrogen-bond donors (Lipinski definition) is 1. The Balaban J connectivity index is 3.43. The molecule has 1 N–H and O–H groups in total. The van der Waals surface area contributed by atoms with Crippen LogP contribution in [0.5, 0.6) is 5.75 Å². The largest absolute Gasteiger partial charge is 0.507 e. The summed E-state index contributed by atoms with van der Waals surface area (Å²) in [6, 6.07) is 4.20. The minimum atomic E-state index is -0.0436. The van der Waals surface area contributed by atoms with Gasteiger partial charge in [0.25, 0.3) is 0 Å². The van der Waals surface area contributed by atoms with Crippen molar-refractivity contribution in [1.82, 2.24) is 0 Å². The summed E-state index contributed by atoms with van der Waals surface area (Å²) in [5.74, 6) is 0.393. The third kappa shape index (κ3) is 3.12. The third-order valence-corrected chi connectivity index (χ3v) is 2.98. The van der Waals surface area contributed by atoms with Crippen LogP contribution in [0.15, 0.2) is 18.7 Å². The summed E-state index contributed by atoms with van der Waals surface area (Å²) < 4.78 is 0. The highest BCUT2D eigenvalue weighted by Gasteiger charge is 2.21. The second kappa shape index (κ2) is 4.95. The lowest BCUT2D eigenvalue weighted by Crippen LogP contribution is -2.12. The fourth-order valence-corrected chi connectivity index (χ4v) is 2.02. The smallest absolute Gasteiger partial charge is 0.126 e. The van der Waals surface area contributed by atoms with Gasteiger partial charge < -0.3 is 5.11 Å². The van der Waals surface area contributed by atoms with Crippen molar-refractivity contribution in [2.24, 2.45) is 0 Å². The standard InChI is InChI=1S/C16H24O/c1-7-8-12-9-13(11(2)3)15(17)14(10-12)16(4,5)6/h9-10,17H,2,7-8H2,1,3-6H3. The first-order valence-corrected chi connectivity index (χ1v) is 6.29. The molecule has 0 aliphatic carbocycles. The van der Waals surface area contributed by atoms with E-state index in [1.807, 2.05) is 6.92 Å². The third-order valence-electron chi connectivity index (χ3n) is 2.98. The molecule has 1 aromatic rings. The van der Waals surface area contributed by atoms with Crippen molar-refractivity contribution in [2.45, 2.75) is 52.9 Å². The Kier molecular flexibility index (Phi) is 4.03. The van der Waals surface area contributed by atoms with Gasteiger partial charge >= 0.3 is 0 Å². The summed E-state index contributed by atoms with van der Waals surface area (Å²) in [6.07, 6.45) is 2.16. The monoisotopic (exact) mass is 232 g/mol. The van der Waals surface area contributed by atoms with Gasteiger partial charge in [0.05, 0.1) is 0 Å². The number of aromatic hydroxyl groups is 1. The Morgan fingerprint density at radius 3 is 2.29 bits per heavy atom. The van der Waals surface area contributed by atoms with Gasteiger partial charge in [0.15, 0.2) is 0 Å². The Labute approximate surface area is 105 Å². The van der Waals surface area contributed by atoms with E-state index in [2.05, 4.69) is 46.4 Å². The van der Waals surface area contributed by atoms with Gasteiger partial charge in [-0.05, 0) is 36.0 Å². The fourth-order valence-electron chi connectivity index (χ4n) is 2.02. The van der Waals surface area contributed by atoms with E-state index in [0.717, 1.165) is 29.5 Å². The first-order chi connectivity index (χ1) is 7.77. The topological polar surface area (TPSA) is 20.2 Å². The summed E-state index contributed by atoms with van der Waals surface area (Å²) in [7, 11) is 0. The van der Waals surface area contributed by atoms with Crippen molar-refractivity contribution < 1.29 is 5.11 Å². The van der Waals surface area contributed by atoms with Crippen LogP contribution in [0.2, 0.25) is 0 Å².